The van der Waals surface area contributed by atoms with E-state index in [9.17, 15) is 4.79 Å². The number of rotatable bonds is 1. The third kappa shape index (κ3) is 2.09. The highest BCUT2D eigenvalue weighted by Crippen LogP contribution is 2.58. The minimum Gasteiger partial charge on any atom is -0.462 e. The van der Waals surface area contributed by atoms with E-state index in [2.05, 4.69) is 27.7 Å². The van der Waals surface area contributed by atoms with Crippen LogP contribution in [0.25, 0.3) is 0 Å². The number of hydrogen-bond acceptors (Lipinski definition) is 3. The van der Waals surface area contributed by atoms with E-state index in [-0.39, 0.29) is 23.3 Å². The first-order valence-electron chi connectivity index (χ1n) is 8.10. The maximum absolute atomic E-state index is 11.5. The van der Waals surface area contributed by atoms with Crippen LogP contribution in [0, 0.1) is 23.7 Å². The molecule has 0 aromatic rings. The minimum absolute atomic E-state index is 0.0269. The lowest BCUT2D eigenvalue weighted by atomic mass is 9.76. The fourth-order valence-corrected chi connectivity index (χ4v) is 5.42. The zero-order chi connectivity index (χ0) is 14.7. The molecule has 4 fully saturated rings. The fraction of sp³-hybridized carbons (Fsp3) is 0.941. The topological polar surface area (TPSA) is 35.5 Å². The molecule has 4 rings (SSSR count). The van der Waals surface area contributed by atoms with Crippen LogP contribution in [0.2, 0.25) is 0 Å². The van der Waals surface area contributed by atoms with Gasteiger partial charge in [0.1, 0.15) is 6.10 Å². The van der Waals surface area contributed by atoms with E-state index in [0.29, 0.717) is 11.8 Å². The first kappa shape index (κ1) is 14.4. The summed E-state index contributed by atoms with van der Waals surface area (Å²) in [5.41, 5.74) is -0.330. The van der Waals surface area contributed by atoms with Crippen LogP contribution in [-0.4, -0.2) is 23.3 Å². The summed E-state index contributed by atoms with van der Waals surface area (Å²) in [5.74, 6) is 2.31. The molecule has 0 radical (unpaired) electrons. The van der Waals surface area contributed by atoms with Gasteiger partial charge in [-0.05, 0) is 51.4 Å². The van der Waals surface area contributed by atoms with Crippen LogP contribution in [0.1, 0.15) is 60.3 Å². The second-order valence-corrected chi connectivity index (χ2v) is 8.04. The molecular formula is C17H28O3. The van der Waals surface area contributed by atoms with Crippen molar-refractivity contribution in [1.29, 1.82) is 0 Å². The number of fused-ring (bicyclic) bond motifs is 2. The van der Waals surface area contributed by atoms with Gasteiger partial charge in [0.25, 0.3) is 0 Å². The van der Waals surface area contributed by atoms with Crippen molar-refractivity contribution in [3.05, 3.63) is 0 Å². The lowest BCUT2D eigenvalue weighted by molar-refractivity contribution is -0.236. The van der Waals surface area contributed by atoms with Gasteiger partial charge in [0, 0.05) is 19.3 Å². The number of esters is 1. The Kier molecular flexibility index (Phi) is 3.20. The van der Waals surface area contributed by atoms with E-state index in [1.165, 1.54) is 19.8 Å². The van der Waals surface area contributed by atoms with Crippen LogP contribution in [-0.2, 0) is 14.3 Å². The van der Waals surface area contributed by atoms with Crippen molar-refractivity contribution >= 4 is 5.97 Å². The Bertz CT molecular complexity index is 416. The predicted molar refractivity (Wildman–Crippen MR) is 77.2 cm³/mol. The van der Waals surface area contributed by atoms with Gasteiger partial charge < -0.3 is 9.47 Å². The number of carbonyl (C=O) groups is 1. The SMILES string of the molecule is CC(=O)O[C@H]1C[C@@]2(C)OC(C)(C)[C@H]1CC1C2CC[C@H]1C. The quantitative estimate of drug-likeness (QED) is 0.689. The molecule has 2 heterocycles. The second kappa shape index (κ2) is 4.46. The Labute approximate surface area is 122 Å². The smallest absolute Gasteiger partial charge is 0.302 e. The predicted octanol–water partition coefficient (Wildman–Crippen LogP) is 3.56. The molecule has 0 aromatic heterocycles. The van der Waals surface area contributed by atoms with Crippen molar-refractivity contribution < 1.29 is 14.3 Å². The zero-order valence-corrected chi connectivity index (χ0v) is 13.4. The standard InChI is InChI=1S/C17H28O3/c1-10-6-7-13-12(10)8-14-15(19-11(2)18)9-17(13,5)20-16(14,3)4/h10,12-15H,6-9H2,1-5H3/t10-,12?,13?,14+,15+,17-/m1/s1. The summed E-state index contributed by atoms with van der Waals surface area (Å²) in [4.78, 5) is 11.5. The Morgan fingerprint density at radius 1 is 1.20 bits per heavy atom. The Hall–Kier alpha value is -0.570. The van der Waals surface area contributed by atoms with Gasteiger partial charge in [-0.15, -0.1) is 0 Å². The first-order chi connectivity index (χ1) is 9.23. The summed E-state index contributed by atoms with van der Waals surface area (Å²) in [7, 11) is 0. The van der Waals surface area contributed by atoms with Gasteiger partial charge in [-0.2, -0.15) is 0 Å². The maximum Gasteiger partial charge on any atom is 0.302 e. The van der Waals surface area contributed by atoms with Gasteiger partial charge in [-0.3, -0.25) is 4.79 Å². The molecule has 20 heavy (non-hydrogen) atoms. The molecule has 4 aliphatic rings. The minimum atomic E-state index is -0.197. The molecule has 2 aliphatic carbocycles. The Morgan fingerprint density at radius 2 is 1.90 bits per heavy atom. The number of hydrogen-bond donors (Lipinski definition) is 0. The number of carbonyl (C=O) groups excluding carboxylic acids is 1. The van der Waals surface area contributed by atoms with Gasteiger partial charge in [0.05, 0.1) is 11.2 Å². The normalized spacial score (nSPS) is 49.5. The molecule has 2 aliphatic heterocycles. The van der Waals surface area contributed by atoms with Crippen molar-refractivity contribution in [2.75, 3.05) is 0 Å². The lowest BCUT2D eigenvalue weighted by Crippen LogP contribution is -2.56. The third-order valence-electron chi connectivity index (χ3n) is 6.25. The van der Waals surface area contributed by atoms with Crippen molar-refractivity contribution in [1.82, 2.24) is 0 Å². The maximum atomic E-state index is 11.5. The van der Waals surface area contributed by atoms with Crippen LogP contribution >= 0.6 is 0 Å². The van der Waals surface area contributed by atoms with Crippen LogP contribution in [0.15, 0.2) is 0 Å². The average Bonchev–Trinajstić information content (AvgIpc) is 2.55. The average molecular weight is 280 g/mol. The van der Waals surface area contributed by atoms with Crippen molar-refractivity contribution in [2.45, 2.75) is 77.6 Å². The van der Waals surface area contributed by atoms with Crippen LogP contribution in [0.3, 0.4) is 0 Å². The summed E-state index contributed by atoms with van der Waals surface area (Å²) < 4.78 is 12.3. The molecule has 2 saturated heterocycles. The van der Waals surface area contributed by atoms with Crippen LogP contribution < -0.4 is 0 Å². The Balaban J connectivity index is 1.98. The van der Waals surface area contributed by atoms with E-state index >= 15 is 0 Å². The van der Waals surface area contributed by atoms with Gasteiger partial charge in [-0.25, -0.2) is 0 Å². The van der Waals surface area contributed by atoms with Gasteiger partial charge >= 0.3 is 5.97 Å². The molecule has 0 aromatic carbocycles. The second-order valence-electron chi connectivity index (χ2n) is 8.04. The molecule has 0 N–H and O–H groups in total. The molecule has 2 bridgehead atoms. The van der Waals surface area contributed by atoms with Gasteiger partial charge in [0.15, 0.2) is 0 Å². The van der Waals surface area contributed by atoms with Crippen LogP contribution in [0.4, 0.5) is 0 Å². The van der Waals surface area contributed by atoms with Crippen molar-refractivity contribution in [3.8, 4) is 0 Å². The highest BCUT2D eigenvalue weighted by molar-refractivity contribution is 5.66. The van der Waals surface area contributed by atoms with E-state index in [1.54, 1.807) is 0 Å². The van der Waals surface area contributed by atoms with E-state index in [4.69, 9.17) is 9.47 Å². The highest BCUT2D eigenvalue weighted by atomic mass is 16.6. The molecule has 2 unspecified atom stereocenters. The molecule has 0 amide bonds. The third-order valence-corrected chi connectivity index (χ3v) is 6.25. The summed E-state index contributed by atoms with van der Waals surface area (Å²) in [5, 5.41) is 0. The first-order valence-corrected chi connectivity index (χ1v) is 8.10. The monoisotopic (exact) mass is 280 g/mol. The highest BCUT2D eigenvalue weighted by Gasteiger charge is 2.60. The molecular weight excluding hydrogens is 252 g/mol. The summed E-state index contributed by atoms with van der Waals surface area (Å²) >= 11 is 0. The van der Waals surface area contributed by atoms with Gasteiger partial charge in [-0.1, -0.05) is 13.3 Å². The Morgan fingerprint density at radius 3 is 2.55 bits per heavy atom. The molecule has 3 heteroatoms. The van der Waals surface area contributed by atoms with Gasteiger partial charge in [0.2, 0.25) is 0 Å². The lowest BCUT2D eigenvalue weighted by Gasteiger charge is -2.50. The summed E-state index contributed by atoms with van der Waals surface area (Å²) in [6.45, 7) is 10.5. The summed E-state index contributed by atoms with van der Waals surface area (Å²) in [6, 6.07) is 0. The molecule has 114 valence electrons. The van der Waals surface area contributed by atoms with Crippen LogP contribution in [0.5, 0.6) is 0 Å². The molecule has 6 atom stereocenters. The zero-order valence-electron chi connectivity index (χ0n) is 13.4. The fourth-order valence-electron chi connectivity index (χ4n) is 5.42. The van der Waals surface area contributed by atoms with Crippen molar-refractivity contribution in [2.24, 2.45) is 23.7 Å². The van der Waals surface area contributed by atoms with E-state index < -0.39 is 0 Å². The molecule has 2 saturated carbocycles. The summed E-state index contributed by atoms with van der Waals surface area (Å²) in [6.07, 6.45) is 4.62. The molecule has 3 nitrogen and oxygen atoms in total. The van der Waals surface area contributed by atoms with E-state index in [1.807, 2.05) is 0 Å². The van der Waals surface area contributed by atoms with Crippen molar-refractivity contribution in [3.63, 3.8) is 0 Å². The largest absolute Gasteiger partial charge is 0.462 e. The number of ether oxygens (including phenoxy) is 2. The molecule has 0 spiro atoms. The van der Waals surface area contributed by atoms with E-state index in [0.717, 1.165) is 24.7 Å².